The smallest absolute Gasteiger partial charge is 0.275 e. The van der Waals surface area contributed by atoms with Gasteiger partial charge in [0.2, 0.25) is 5.91 Å². The van der Waals surface area contributed by atoms with Crippen molar-refractivity contribution < 1.29 is 9.59 Å². The lowest BCUT2D eigenvalue weighted by Crippen LogP contribution is -2.24. The molecule has 1 aromatic heterocycles. The molecule has 94 valence electrons. The molecular weight excluding hydrogens is 246 g/mol. The molecule has 2 heterocycles. The Balaban J connectivity index is 1.85. The predicted molar refractivity (Wildman–Crippen MR) is 67.4 cm³/mol. The van der Waals surface area contributed by atoms with E-state index in [-0.39, 0.29) is 12.5 Å². The molecule has 1 fully saturated rings. The van der Waals surface area contributed by atoms with E-state index < -0.39 is 6.03 Å². The lowest BCUT2D eigenvalue weighted by Gasteiger charge is -2.03. The van der Waals surface area contributed by atoms with E-state index in [2.05, 4.69) is 20.4 Å². The molecule has 1 aliphatic heterocycles. The Morgan fingerprint density at radius 1 is 1.26 bits per heavy atom. The SMILES string of the molecule is O=C1CN(/N=C\c2cnc3ccccc3n2)C(=O)N1. The topological polar surface area (TPSA) is 87.6 Å². The Hall–Kier alpha value is -2.83. The molecular formula is C12H9N5O2. The van der Waals surface area contributed by atoms with Gasteiger partial charge in [0.1, 0.15) is 12.2 Å². The Kier molecular flexibility index (Phi) is 2.64. The summed E-state index contributed by atoms with van der Waals surface area (Å²) in [4.78, 5) is 30.8. The fraction of sp³-hybridized carbons (Fsp3) is 0.0833. The number of aromatic nitrogens is 2. The maximum Gasteiger partial charge on any atom is 0.344 e. The van der Waals surface area contributed by atoms with E-state index in [0.29, 0.717) is 5.69 Å². The van der Waals surface area contributed by atoms with Crippen LogP contribution in [0.3, 0.4) is 0 Å². The highest BCUT2D eigenvalue weighted by atomic mass is 16.2. The second-order valence-corrected chi connectivity index (χ2v) is 3.94. The van der Waals surface area contributed by atoms with E-state index in [9.17, 15) is 9.59 Å². The van der Waals surface area contributed by atoms with Crippen molar-refractivity contribution in [3.05, 3.63) is 36.2 Å². The van der Waals surface area contributed by atoms with Crippen LogP contribution in [0.15, 0.2) is 35.6 Å². The standard InChI is InChI=1S/C12H9N5O2/c18-11-7-17(12(19)16-11)14-6-8-5-13-9-3-1-2-4-10(9)15-8/h1-6H,7H2,(H,16,18,19)/b14-6-. The quantitative estimate of drug-likeness (QED) is 0.625. The number of nitrogens with zero attached hydrogens (tertiary/aromatic N) is 4. The van der Waals surface area contributed by atoms with Crippen LogP contribution < -0.4 is 5.32 Å². The second-order valence-electron chi connectivity index (χ2n) is 3.94. The van der Waals surface area contributed by atoms with Gasteiger partial charge in [-0.05, 0) is 12.1 Å². The van der Waals surface area contributed by atoms with Crippen molar-refractivity contribution in [3.63, 3.8) is 0 Å². The van der Waals surface area contributed by atoms with Gasteiger partial charge in [-0.1, -0.05) is 12.1 Å². The van der Waals surface area contributed by atoms with Crippen molar-refractivity contribution in [1.82, 2.24) is 20.3 Å². The number of hydrogen-bond acceptors (Lipinski definition) is 5. The molecule has 0 atom stereocenters. The van der Waals surface area contributed by atoms with Crippen LogP contribution in [-0.4, -0.2) is 39.7 Å². The average molecular weight is 255 g/mol. The molecule has 1 saturated heterocycles. The minimum absolute atomic E-state index is 0.0731. The van der Waals surface area contributed by atoms with Crippen molar-refractivity contribution >= 4 is 29.2 Å². The number of rotatable bonds is 2. The summed E-state index contributed by atoms with van der Waals surface area (Å²) in [5.41, 5.74) is 2.05. The van der Waals surface area contributed by atoms with Crippen LogP contribution in [-0.2, 0) is 4.79 Å². The fourth-order valence-electron chi connectivity index (χ4n) is 1.69. The molecule has 7 nitrogen and oxygen atoms in total. The summed E-state index contributed by atoms with van der Waals surface area (Å²) >= 11 is 0. The summed E-state index contributed by atoms with van der Waals surface area (Å²) in [6.45, 7) is -0.0731. The molecule has 0 spiro atoms. The molecule has 0 radical (unpaired) electrons. The number of benzene rings is 1. The number of imide groups is 1. The van der Waals surface area contributed by atoms with E-state index in [1.54, 1.807) is 6.20 Å². The molecule has 3 amide bonds. The van der Waals surface area contributed by atoms with Crippen LogP contribution in [0.2, 0.25) is 0 Å². The normalized spacial score (nSPS) is 15.5. The highest BCUT2D eigenvalue weighted by Gasteiger charge is 2.25. The van der Waals surface area contributed by atoms with Crippen LogP contribution in [0.4, 0.5) is 4.79 Å². The van der Waals surface area contributed by atoms with Crippen molar-refractivity contribution in [2.75, 3.05) is 6.54 Å². The van der Waals surface area contributed by atoms with Crippen LogP contribution in [0.5, 0.6) is 0 Å². The number of urea groups is 1. The molecule has 0 aliphatic carbocycles. The highest BCUT2D eigenvalue weighted by molar-refractivity contribution is 6.02. The third kappa shape index (κ3) is 2.25. The Bertz CT molecular complexity index is 697. The summed E-state index contributed by atoms with van der Waals surface area (Å²) in [6, 6.07) is 6.91. The molecule has 2 aromatic rings. The Morgan fingerprint density at radius 2 is 2.05 bits per heavy atom. The molecule has 0 saturated carbocycles. The fourth-order valence-corrected chi connectivity index (χ4v) is 1.69. The molecule has 0 bridgehead atoms. The number of hydrogen-bond donors (Lipinski definition) is 1. The van der Waals surface area contributed by atoms with Gasteiger partial charge in [0.05, 0.1) is 23.4 Å². The highest BCUT2D eigenvalue weighted by Crippen LogP contribution is 2.07. The molecule has 0 unspecified atom stereocenters. The van der Waals surface area contributed by atoms with Gasteiger partial charge in [-0.3, -0.25) is 15.1 Å². The number of carbonyl (C=O) groups excluding carboxylic acids is 2. The van der Waals surface area contributed by atoms with Crippen LogP contribution >= 0.6 is 0 Å². The first kappa shape index (κ1) is 11.3. The number of amides is 3. The van der Waals surface area contributed by atoms with Gasteiger partial charge in [0.15, 0.2) is 0 Å². The van der Waals surface area contributed by atoms with Crippen molar-refractivity contribution in [3.8, 4) is 0 Å². The molecule has 7 heteroatoms. The van der Waals surface area contributed by atoms with Gasteiger partial charge in [-0.15, -0.1) is 0 Å². The van der Waals surface area contributed by atoms with Crippen molar-refractivity contribution in [1.29, 1.82) is 0 Å². The maximum atomic E-state index is 11.3. The third-order valence-corrected chi connectivity index (χ3v) is 2.57. The van der Waals surface area contributed by atoms with E-state index in [0.717, 1.165) is 16.0 Å². The third-order valence-electron chi connectivity index (χ3n) is 2.57. The monoisotopic (exact) mass is 255 g/mol. The molecule has 3 rings (SSSR count). The average Bonchev–Trinajstić information content (AvgIpc) is 2.74. The first-order valence-electron chi connectivity index (χ1n) is 5.59. The number of fused-ring (bicyclic) bond motifs is 1. The maximum absolute atomic E-state index is 11.3. The van der Waals surface area contributed by atoms with Gasteiger partial charge >= 0.3 is 6.03 Å². The van der Waals surface area contributed by atoms with Crippen molar-refractivity contribution in [2.24, 2.45) is 5.10 Å². The van der Waals surface area contributed by atoms with Gasteiger partial charge < -0.3 is 0 Å². The van der Waals surface area contributed by atoms with Gasteiger partial charge in [0.25, 0.3) is 0 Å². The zero-order valence-corrected chi connectivity index (χ0v) is 9.78. The molecule has 19 heavy (non-hydrogen) atoms. The summed E-state index contributed by atoms with van der Waals surface area (Å²) in [5.74, 6) is -0.369. The lowest BCUT2D eigenvalue weighted by atomic mass is 10.3. The first-order chi connectivity index (χ1) is 9.22. The summed E-state index contributed by atoms with van der Waals surface area (Å²) in [5, 5.41) is 7.08. The number of nitrogens with one attached hydrogen (secondary N) is 1. The largest absolute Gasteiger partial charge is 0.344 e. The van der Waals surface area contributed by atoms with Gasteiger partial charge in [0, 0.05) is 0 Å². The minimum Gasteiger partial charge on any atom is -0.275 e. The van der Waals surface area contributed by atoms with Crippen LogP contribution in [0.1, 0.15) is 5.69 Å². The zero-order valence-electron chi connectivity index (χ0n) is 9.78. The molecule has 1 aromatic carbocycles. The first-order valence-corrected chi connectivity index (χ1v) is 5.59. The second kappa shape index (κ2) is 4.45. The zero-order chi connectivity index (χ0) is 13.2. The Labute approximate surface area is 108 Å². The molecule has 1 N–H and O–H groups in total. The van der Waals surface area contributed by atoms with E-state index in [4.69, 9.17) is 0 Å². The van der Waals surface area contributed by atoms with E-state index in [1.807, 2.05) is 24.3 Å². The minimum atomic E-state index is -0.532. The summed E-state index contributed by atoms with van der Waals surface area (Å²) in [6.07, 6.45) is 2.96. The van der Waals surface area contributed by atoms with E-state index in [1.165, 1.54) is 6.21 Å². The number of para-hydroxylation sites is 2. The summed E-state index contributed by atoms with van der Waals surface area (Å²) < 4.78 is 0. The lowest BCUT2D eigenvalue weighted by molar-refractivity contribution is -0.118. The number of carbonyl (C=O) groups is 2. The Morgan fingerprint density at radius 3 is 2.79 bits per heavy atom. The predicted octanol–water partition coefficient (Wildman–Crippen LogP) is 0.515. The van der Waals surface area contributed by atoms with E-state index >= 15 is 0 Å². The van der Waals surface area contributed by atoms with Gasteiger partial charge in [-0.2, -0.15) is 5.10 Å². The molecule has 1 aliphatic rings. The van der Waals surface area contributed by atoms with Crippen LogP contribution in [0.25, 0.3) is 11.0 Å². The van der Waals surface area contributed by atoms with Gasteiger partial charge in [-0.25, -0.2) is 14.8 Å². The number of hydrazone groups is 1. The van der Waals surface area contributed by atoms with Crippen molar-refractivity contribution in [2.45, 2.75) is 0 Å². The van der Waals surface area contributed by atoms with Crippen LogP contribution in [0, 0.1) is 0 Å². The summed E-state index contributed by atoms with van der Waals surface area (Å²) in [7, 11) is 0.